The summed E-state index contributed by atoms with van der Waals surface area (Å²) in [5, 5.41) is 0. The van der Waals surface area contributed by atoms with Gasteiger partial charge in [0.15, 0.2) is 12.0 Å². The number of carbonyl (C=O) groups excluding carboxylic acids is 1. The van der Waals surface area contributed by atoms with Crippen LogP contribution < -0.4 is 0 Å². The molecule has 12 heavy (non-hydrogen) atoms. The van der Waals surface area contributed by atoms with Crippen LogP contribution >= 0.6 is 11.8 Å². The lowest BCUT2D eigenvalue weighted by Gasteiger charge is -1.94. The van der Waals surface area contributed by atoms with Crippen LogP contribution in [-0.2, 0) is 5.75 Å². The molecule has 66 valence electrons. The normalized spacial score (nSPS) is 10.6. The van der Waals surface area contributed by atoms with E-state index >= 15 is 0 Å². The number of thioether (sulfide) groups is 1. The van der Waals surface area contributed by atoms with Crippen molar-refractivity contribution in [3.05, 3.63) is 23.7 Å². The summed E-state index contributed by atoms with van der Waals surface area (Å²) in [6, 6.07) is 2.97. The lowest BCUT2D eigenvalue weighted by atomic mass is 10.4. The van der Waals surface area contributed by atoms with Crippen molar-refractivity contribution in [2.45, 2.75) is 11.5 Å². The first-order chi connectivity index (χ1) is 5.72. The van der Waals surface area contributed by atoms with E-state index in [0.717, 1.165) is 0 Å². The molecule has 1 aromatic heterocycles. The van der Waals surface area contributed by atoms with E-state index in [2.05, 4.69) is 0 Å². The van der Waals surface area contributed by atoms with E-state index in [9.17, 15) is 13.6 Å². The summed E-state index contributed by atoms with van der Waals surface area (Å²) in [6.07, 6.45) is 0.538. The lowest BCUT2D eigenvalue weighted by Crippen LogP contribution is -1.82. The molecular weight excluding hydrogens is 186 g/mol. The minimum Gasteiger partial charge on any atom is -0.457 e. The monoisotopic (exact) mass is 192 g/mol. The van der Waals surface area contributed by atoms with Gasteiger partial charge in [-0.05, 0) is 12.1 Å². The number of furan rings is 1. The molecule has 1 heterocycles. The summed E-state index contributed by atoms with van der Waals surface area (Å²) >= 11 is 0.465. The summed E-state index contributed by atoms with van der Waals surface area (Å²) in [6.45, 7) is 0. The van der Waals surface area contributed by atoms with Crippen LogP contribution in [0.25, 0.3) is 0 Å². The van der Waals surface area contributed by atoms with Crippen LogP contribution in [0.2, 0.25) is 0 Å². The number of alkyl halides is 2. The SMILES string of the molecule is O=Cc1ccc(CSC(F)F)o1. The average molecular weight is 192 g/mol. The Bertz CT molecular complexity index is 260. The van der Waals surface area contributed by atoms with Crippen molar-refractivity contribution in [2.75, 3.05) is 0 Å². The maximum Gasteiger partial charge on any atom is 0.284 e. The number of rotatable bonds is 4. The molecule has 0 atom stereocenters. The van der Waals surface area contributed by atoms with E-state index in [1.807, 2.05) is 0 Å². The second kappa shape index (κ2) is 4.25. The fraction of sp³-hybridized carbons (Fsp3) is 0.286. The molecule has 0 N–H and O–H groups in total. The number of aldehydes is 1. The smallest absolute Gasteiger partial charge is 0.284 e. The lowest BCUT2D eigenvalue weighted by molar-refractivity contribution is 0.109. The maximum atomic E-state index is 11.7. The number of carbonyl (C=O) groups is 1. The van der Waals surface area contributed by atoms with Gasteiger partial charge in [-0.2, -0.15) is 8.78 Å². The van der Waals surface area contributed by atoms with E-state index in [1.54, 1.807) is 0 Å². The summed E-state index contributed by atoms with van der Waals surface area (Å²) in [4.78, 5) is 10.1. The van der Waals surface area contributed by atoms with E-state index in [0.29, 0.717) is 23.8 Å². The van der Waals surface area contributed by atoms with Gasteiger partial charge in [0.2, 0.25) is 0 Å². The Balaban J connectivity index is 2.47. The van der Waals surface area contributed by atoms with Gasteiger partial charge >= 0.3 is 0 Å². The van der Waals surface area contributed by atoms with Crippen LogP contribution in [0.5, 0.6) is 0 Å². The van der Waals surface area contributed by atoms with Crippen LogP contribution in [0.4, 0.5) is 8.78 Å². The van der Waals surface area contributed by atoms with Gasteiger partial charge in [0.1, 0.15) is 5.76 Å². The predicted octanol–water partition coefficient (Wildman–Crippen LogP) is 2.55. The minimum absolute atomic E-state index is 0.0888. The third-order valence-corrected chi connectivity index (χ3v) is 1.85. The first-order valence-corrected chi connectivity index (χ1v) is 4.21. The average Bonchev–Trinajstić information content (AvgIpc) is 2.48. The van der Waals surface area contributed by atoms with Crippen molar-refractivity contribution < 1.29 is 18.0 Å². The summed E-state index contributed by atoms with van der Waals surface area (Å²) in [5.41, 5.74) is 0. The Morgan fingerprint density at radius 1 is 1.58 bits per heavy atom. The molecule has 1 aromatic rings. The van der Waals surface area contributed by atoms with Crippen LogP contribution in [0, 0.1) is 0 Å². The first kappa shape index (κ1) is 9.25. The molecule has 0 aliphatic heterocycles. The van der Waals surface area contributed by atoms with Gasteiger partial charge in [-0.3, -0.25) is 4.79 Å². The molecule has 0 radical (unpaired) electrons. The molecule has 1 rings (SSSR count). The molecule has 0 aliphatic carbocycles. The van der Waals surface area contributed by atoms with Crippen molar-refractivity contribution in [3.8, 4) is 0 Å². The van der Waals surface area contributed by atoms with Crippen molar-refractivity contribution in [1.29, 1.82) is 0 Å². The van der Waals surface area contributed by atoms with Gasteiger partial charge < -0.3 is 4.42 Å². The molecule has 0 saturated heterocycles. The Morgan fingerprint density at radius 2 is 2.33 bits per heavy atom. The zero-order chi connectivity index (χ0) is 8.97. The molecule has 0 saturated carbocycles. The molecule has 5 heteroatoms. The number of hydrogen-bond donors (Lipinski definition) is 0. The van der Waals surface area contributed by atoms with Gasteiger partial charge in [0.05, 0.1) is 5.75 Å². The highest BCUT2D eigenvalue weighted by Gasteiger charge is 2.06. The highest BCUT2D eigenvalue weighted by Crippen LogP contribution is 2.20. The highest BCUT2D eigenvalue weighted by atomic mass is 32.2. The van der Waals surface area contributed by atoms with E-state index in [-0.39, 0.29) is 11.5 Å². The van der Waals surface area contributed by atoms with Crippen LogP contribution in [0.15, 0.2) is 16.5 Å². The van der Waals surface area contributed by atoms with Gasteiger partial charge in [0.25, 0.3) is 5.76 Å². The maximum absolute atomic E-state index is 11.7. The zero-order valence-electron chi connectivity index (χ0n) is 6.00. The van der Waals surface area contributed by atoms with Gasteiger partial charge in [-0.25, -0.2) is 0 Å². The molecule has 0 fully saturated rings. The Kier molecular flexibility index (Phi) is 3.28. The second-order valence-electron chi connectivity index (χ2n) is 1.99. The molecule has 0 aromatic carbocycles. The van der Waals surface area contributed by atoms with Crippen LogP contribution in [0.1, 0.15) is 16.3 Å². The zero-order valence-corrected chi connectivity index (χ0v) is 6.81. The third kappa shape index (κ3) is 2.65. The van der Waals surface area contributed by atoms with Crippen molar-refractivity contribution in [2.24, 2.45) is 0 Å². The van der Waals surface area contributed by atoms with Gasteiger partial charge in [0, 0.05) is 0 Å². The van der Waals surface area contributed by atoms with E-state index in [1.165, 1.54) is 12.1 Å². The Labute approximate surface area is 71.9 Å². The van der Waals surface area contributed by atoms with Crippen molar-refractivity contribution >= 4 is 18.0 Å². The van der Waals surface area contributed by atoms with Crippen LogP contribution in [0.3, 0.4) is 0 Å². The van der Waals surface area contributed by atoms with Crippen molar-refractivity contribution in [3.63, 3.8) is 0 Å². The molecular formula is C7H6F2O2S. The van der Waals surface area contributed by atoms with Gasteiger partial charge in [-0.1, -0.05) is 11.8 Å². The number of hydrogen-bond acceptors (Lipinski definition) is 3. The fourth-order valence-electron chi connectivity index (χ4n) is 0.681. The number of halogens is 2. The second-order valence-corrected chi connectivity index (χ2v) is 2.97. The molecule has 2 nitrogen and oxygen atoms in total. The topological polar surface area (TPSA) is 30.2 Å². The Hall–Kier alpha value is -0.840. The Morgan fingerprint density at radius 3 is 2.83 bits per heavy atom. The van der Waals surface area contributed by atoms with Gasteiger partial charge in [-0.15, -0.1) is 0 Å². The molecule has 0 amide bonds. The molecule has 0 bridgehead atoms. The summed E-state index contributed by atoms with van der Waals surface area (Å²) in [5.74, 6) is -1.76. The molecule has 0 unspecified atom stereocenters. The summed E-state index contributed by atoms with van der Waals surface area (Å²) < 4.78 is 28.2. The third-order valence-electron chi connectivity index (χ3n) is 1.15. The molecule has 0 spiro atoms. The first-order valence-electron chi connectivity index (χ1n) is 3.16. The van der Waals surface area contributed by atoms with Crippen molar-refractivity contribution in [1.82, 2.24) is 0 Å². The standard InChI is InChI=1S/C7H6F2O2S/c8-7(9)12-4-6-2-1-5(3-10)11-6/h1-3,7H,4H2. The highest BCUT2D eigenvalue weighted by molar-refractivity contribution is 7.98. The van der Waals surface area contributed by atoms with E-state index < -0.39 is 5.76 Å². The largest absolute Gasteiger partial charge is 0.457 e. The quantitative estimate of drug-likeness (QED) is 0.687. The van der Waals surface area contributed by atoms with E-state index in [4.69, 9.17) is 4.42 Å². The fourth-order valence-corrected chi connectivity index (χ4v) is 1.13. The van der Waals surface area contributed by atoms with Crippen LogP contribution in [-0.4, -0.2) is 12.0 Å². The summed E-state index contributed by atoms with van der Waals surface area (Å²) in [7, 11) is 0. The predicted molar refractivity (Wildman–Crippen MR) is 41.4 cm³/mol. The minimum atomic E-state index is -2.41. The molecule has 0 aliphatic rings.